The number of nitrogens with zero attached hydrogens (tertiary/aromatic N) is 1. The van der Waals surface area contributed by atoms with Crippen LogP contribution in [0.4, 0.5) is 0 Å². The second kappa shape index (κ2) is 8.82. The Hall–Kier alpha value is -2.27. The number of hydrogen-bond acceptors (Lipinski definition) is 6. The number of nitrogens with two attached hydrogens (primary N) is 1. The minimum absolute atomic E-state index is 0.280. The fourth-order valence-corrected chi connectivity index (χ4v) is 5.09. The quantitative estimate of drug-likeness (QED) is 0.640. The van der Waals surface area contributed by atoms with Gasteiger partial charge in [-0.15, -0.1) is 0 Å². The molecule has 0 radical (unpaired) electrons. The third kappa shape index (κ3) is 4.96. The fourth-order valence-electron chi connectivity index (χ4n) is 2.78. The molecule has 0 fully saturated rings. The maximum atomic E-state index is 13.3. The zero-order valence-corrected chi connectivity index (χ0v) is 17.1. The zero-order chi connectivity index (χ0) is 20.9. The molecule has 0 bridgehead atoms. The molecular formula is C18H22N2O6S2. The van der Waals surface area contributed by atoms with Crippen LogP contribution in [0.5, 0.6) is 0 Å². The van der Waals surface area contributed by atoms with E-state index < -0.39 is 38.6 Å². The fraction of sp³-hybridized carbons (Fsp3) is 0.278. The molecule has 2 N–H and O–H groups in total. The minimum atomic E-state index is -4.24. The normalized spacial score (nSPS) is 13.3. The highest BCUT2D eigenvalue weighted by Gasteiger charge is 2.34. The smallest absolute Gasteiger partial charge is 0.321 e. The molecule has 0 aliphatic carbocycles. The van der Waals surface area contributed by atoms with E-state index in [4.69, 9.17) is 5.14 Å². The minimum Gasteiger partial charge on any atom is -0.468 e. The summed E-state index contributed by atoms with van der Waals surface area (Å²) in [4.78, 5) is 11.3. The van der Waals surface area contributed by atoms with E-state index in [9.17, 15) is 21.6 Å². The zero-order valence-electron chi connectivity index (χ0n) is 15.5. The van der Waals surface area contributed by atoms with Crippen molar-refractivity contribution in [1.82, 2.24) is 4.31 Å². The van der Waals surface area contributed by atoms with Gasteiger partial charge in [0.1, 0.15) is 6.54 Å². The molecule has 8 nitrogen and oxygen atoms in total. The van der Waals surface area contributed by atoms with Crippen molar-refractivity contribution in [3.63, 3.8) is 0 Å². The lowest BCUT2D eigenvalue weighted by molar-refractivity contribution is -0.141. The van der Waals surface area contributed by atoms with Crippen molar-refractivity contribution in [1.29, 1.82) is 0 Å². The highest BCUT2D eigenvalue weighted by atomic mass is 32.2. The topological polar surface area (TPSA) is 124 Å². The Balaban J connectivity index is 2.60. The van der Waals surface area contributed by atoms with E-state index in [1.807, 2.05) is 0 Å². The van der Waals surface area contributed by atoms with Gasteiger partial charge in [-0.25, -0.2) is 22.0 Å². The number of rotatable bonds is 8. The van der Waals surface area contributed by atoms with E-state index >= 15 is 0 Å². The summed E-state index contributed by atoms with van der Waals surface area (Å²) in [6.07, 6.45) is 0.384. The van der Waals surface area contributed by atoms with Crippen molar-refractivity contribution in [2.45, 2.75) is 29.2 Å². The molecule has 0 saturated carbocycles. The lowest BCUT2D eigenvalue weighted by Crippen LogP contribution is -2.39. The van der Waals surface area contributed by atoms with Crippen LogP contribution in [0, 0.1) is 0 Å². The molecule has 1 atom stereocenters. The van der Waals surface area contributed by atoms with Crippen LogP contribution in [0.1, 0.15) is 24.9 Å². The van der Waals surface area contributed by atoms with Crippen LogP contribution >= 0.6 is 0 Å². The number of benzene rings is 2. The Bertz CT molecular complexity index is 1040. The van der Waals surface area contributed by atoms with Crippen molar-refractivity contribution in [2.24, 2.45) is 5.14 Å². The van der Waals surface area contributed by atoms with Gasteiger partial charge in [0.15, 0.2) is 0 Å². The van der Waals surface area contributed by atoms with Gasteiger partial charge >= 0.3 is 5.97 Å². The summed E-state index contributed by atoms with van der Waals surface area (Å²) in [5.41, 5.74) is 0.695. The number of methoxy groups -OCH3 is 1. The average molecular weight is 427 g/mol. The van der Waals surface area contributed by atoms with Gasteiger partial charge < -0.3 is 4.74 Å². The van der Waals surface area contributed by atoms with Crippen LogP contribution < -0.4 is 5.14 Å². The summed E-state index contributed by atoms with van der Waals surface area (Å²) in [6.45, 7) is 1.27. The van der Waals surface area contributed by atoms with Crippen LogP contribution in [-0.4, -0.2) is 40.8 Å². The van der Waals surface area contributed by atoms with Crippen molar-refractivity contribution in [2.75, 3.05) is 13.7 Å². The molecule has 2 aromatic rings. The summed E-state index contributed by atoms with van der Waals surface area (Å²) in [7, 11) is -7.16. The highest BCUT2D eigenvalue weighted by molar-refractivity contribution is 7.90. The Morgan fingerprint density at radius 1 is 1.04 bits per heavy atom. The van der Waals surface area contributed by atoms with Crippen LogP contribution in [0.2, 0.25) is 0 Å². The van der Waals surface area contributed by atoms with E-state index in [1.165, 1.54) is 18.2 Å². The number of carbonyl (C=O) groups excluding carboxylic acids is 1. The molecule has 1 unspecified atom stereocenters. The number of carbonyl (C=O) groups is 1. The van der Waals surface area contributed by atoms with E-state index in [0.717, 1.165) is 17.5 Å². The lowest BCUT2D eigenvalue weighted by atomic mass is 10.0. The highest BCUT2D eigenvalue weighted by Crippen LogP contribution is 2.30. The Morgan fingerprint density at radius 3 is 2.18 bits per heavy atom. The first kappa shape index (κ1) is 22.0. The van der Waals surface area contributed by atoms with Gasteiger partial charge in [-0.1, -0.05) is 43.3 Å². The molecule has 0 heterocycles. The maximum Gasteiger partial charge on any atom is 0.321 e. The molecule has 0 aliphatic heterocycles. The van der Waals surface area contributed by atoms with Crippen LogP contribution in [0.25, 0.3) is 0 Å². The van der Waals surface area contributed by atoms with Crippen molar-refractivity contribution in [3.8, 4) is 0 Å². The molecule has 0 saturated heterocycles. The molecule has 10 heteroatoms. The largest absolute Gasteiger partial charge is 0.468 e. The Labute approximate surface area is 165 Å². The second-order valence-corrected chi connectivity index (χ2v) is 9.43. The average Bonchev–Trinajstić information content (AvgIpc) is 2.67. The summed E-state index contributed by atoms with van der Waals surface area (Å²) in [6, 6.07) is 12.9. The molecular weight excluding hydrogens is 404 g/mol. The second-order valence-electron chi connectivity index (χ2n) is 5.98. The van der Waals surface area contributed by atoms with E-state index in [0.29, 0.717) is 12.0 Å². The van der Waals surface area contributed by atoms with Crippen molar-refractivity contribution in [3.05, 3.63) is 60.2 Å². The SMILES string of the molecule is CCC(c1ccccc1)N(CC(=O)OC)S(=O)(=O)c1cccc(S(N)(=O)=O)c1. The van der Waals surface area contributed by atoms with E-state index in [1.54, 1.807) is 37.3 Å². The van der Waals surface area contributed by atoms with E-state index in [2.05, 4.69) is 4.74 Å². The number of primary sulfonamides is 1. The molecule has 0 spiro atoms. The van der Waals surface area contributed by atoms with Gasteiger partial charge in [0.2, 0.25) is 20.0 Å². The molecule has 0 aromatic heterocycles. The van der Waals surface area contributed by atoms with Gasteiger partial charge in [-0.05, 0) is 30.2 Å². The number of ether oxygens (including phenoxy) is 1. The predicted octanol–water partition coefficient (Wildman–Crippen LogP) is 1.65. The standard InChI is InChI=1S/C18H22N2O6S2/c1-3-17(14-8-5-4-6-9-14)20(13-18(21)26-2)28(24,25)16-11-7-10-15(12-16)27(19,22)23/h4-12,17H,3,13H2,1-2H3,(H2,19,22,23). The first-order chi connectivity index (χ1) is 13.1. The third-order valence-corrected chi connectivity index (χ3v) is 6.93. The van der Waals surface area contributed by atoms with Gasteiger partial charge in [0.05, 0.1) is 22.9 Å². The molecule has 0 aliphatic rings. The molecule has 2 rings (SSSR count). The lowest BCUT2D eigenvalue weighted by Gasteiger charge is -2.29. The molecule has 28 heavy (non-hydrogen) atoms. The summed E-state index contributed by atoms with van der Waals surface area (Å²) in [5, 5.41) is 5.11. The predicted molar refractivity (Wildman–Crippen MR) is 103 cm³/mol. The first-order valence-electron chi connectivity index (χ1n) is 8.37. The Morgan fingerprint density at radius 2 is 1.64 bits per heavy atom. The monoisotopic (exact) mass is 426 g/mol. The van der Waals surface area contributed by atoms with Gasteiger partial charge in [0.25, 0.3) is 0 Å². The summed E-state index contributed by atoms with van der Waals surface area (Å²) < 4.78 is 55.5. The molecule has 0 amide bonds. The molecule has 2 aromatic carbocycles. The van der Waals surface area contributed by atoms with Crippen LogP contribution in [0.15, 0.2) is 64.4 Å². The van der Waals surface area contributed by atoms with Gasteiger partial charge in [-0.2, -0.15) is 4.31 Å². The van der Waals surface area contributed by atoms with E-state index in [-0.39, 0.29) is 9.79 Å². The third-order valence-electron chi connectivity index (χ3n) is 4.17. The van der Waals surface area contributed by atoms with Crippen molar-refractivity contribution >= 4 is 26.0 Å². The maximum absolute atomic E-state index is 13.3. The van der Waals surface area contributed by atoms with Crippen molar-refractivity contribution < 1.29 is 26.4 Å². The first-order valence-corrected chi connectivity index (χ1v) is 11.4. The van der Waals surface area contributed by atoms with Gasteiger partial charge in [-0.3, -0.25) is 4.79 Å². The molecule has 152 valence electrons. The van der Waals surface area contributed by atoms with Crippen LogP contribution in [0.3, 0.4) is 0 Å². The summed E-state index contributed by atoms with van der Waals surface area (Å²) >= 11 is 0. The number of esters is 1. The van der Waals surface area contributed by atoms with Crippen LogP contribution in [-0.2, 0) is 29.6 Å². The summed E-state index contributed by atoms with van der Waals surface area (Å²) in [5.74, 6) is -0.736. The number of hydrogen-bond donors (Lipinski definition) is 1. The Kier molecular flexibility index (Phi) is 6.94. The number of sulfonamides is 2. The van der Waals surface area contributed by atoms with Gasteiger partial charge in [0, 0.05) is 0 Å².